The third-order valence-electron chi connectivity index (χ3n) is 3.67. The lowest BCUT2D eigenvalue weighted by Crippen LogP contribution is -2.41. The van der Waals surface area contributed by atoms with Gasteiger partial charge in [-0.25, -0.2) is 4.39 Å². The summed E-state index contributed by atoms with van der Waals surface area (Å²) in [6.45, 7) is 3.10. The van der Waals surface area contributed by atoms with Gasteiger partial charge in [0.1, 0.15) is 5.82 Å². The van der Waals surface area contributed by atoms with Crippen LogP contribution in [0.1, 0.15) is 25.0 Å². The lowest BCUT2D eigenvalue weighted by molar-refractivity contribution is -0.146. The fourth-order valence-corrected chi connectivity index (χ4v) is 2.71. The zero-order valence-corrected chi connectivity index (χ0v) is 13.3. The van der Waals surface area contributed by atoms with E-state index >= 15 is 0 Å². The lowest BCUT2D eigenvalue weighted by Gasteiger charge is -2.31. The van der Waals surface area contributed by atoms with Gasteiger partial charge >= 0.3 is 0 Å². The molecule has 2 aromatic rings. The molecule has 4 nitrogen and oxygen atoms in total. The van der Waals surface area contributed by atoms with Crippen molar-refractivity contribution < 1.29 is 13.9 Å². The standard InChI is InChI=1S/C17H14ClFN2O2/c1-11(22)21-17(2,12-7-9-13(19)10-8-12)23-16(20-21)14-5-3-4-6-15(14)18/h3-10H,1-2H3. The molecule has 3 rings (SSSR count). The van der Waals surface area contributed by atoms with E-state index in [1.165, 1.54) is 24.1 Å². The molecule has 0 aromatic heterocycles. The van der Waals surface area contributed by atoms with Gasteiger partial charge in [0.15, 0.2) is 0 Å². The van der Waals surface area contributed by atoms with Crippen LogP contribution in [0.25, 0.3) is 0 Å². The van der Waals surface area contributed by atoms with Crippen molar-refractivity contribution in [1.82, 2.24) is 5.01 Å². The van der Waals surface area contributed by atoms with Gasteiger partial charge in [0.05, 0.1) is 10.6 Å². The van der Waals surface area contributed by atoms with Gasteiger partial charge in [-0.05, 0) is 24.3 Å². The molecule has 1 unspecified atom stereocenters. The fourth-order valence-electron chi connectivity index (χ4n) is 2.49. The van der Waals surface area contributed by atoms with Crippen molar-refractivity contribution in [2.75, 3.05) is 0 Å². The number of carbonyl (C=O) groups is 1. The first-order chi connectivity index (χ1) is 10.9. The van der Waals surface area contributed by atoms with E-state index in [1.54, 1.807) is 43.3 Å². The summed E-state index contributed by atoms with van der Waals surface area (Å²) < 4.78 is 19.1. The molecule has 23 heavy (non-hydrogen) atoms. The quantitative estimate of drug-likeness (QED) is 0.837. The van der Waals surface area contributed by atoms with Gasteiger partial charge in [-0.15, -0.1) is 5.10 Å². The zero-order valence-electron chi connectivity index (χ0n) is 12.6. The molecular formula is C17H14ClFN2O2. The number of ether oxygens (including phenoxy) is 1. The summed E-state index contributed by atoms with van der Waals surface area (Å²) in [5.74, 6) is -0.409. The second-order valence-corrected chi connectivity index (χ2v) is 5.71. The van der Waals surface area contributed by atoms with Crippen molar-refractivity contribution in [3.8, 4) is 0 Å². The first kappa shape index (κ1) is 15.5. The molecule has 0 N–H and O–H groups in total. The molecule has 118 valence electrons. The summed E-state index contributed by atoms with van der Waals surface area (Å²) in [6.07, 6.45) is 0. The normalized spacial score (nSPS) is 20.2. The number of halogens is 2. The number of nitrogens with zero attached hydrogens (tertiary/aromatic N) is 2. The van der Waals surface area contributed by atoms with Gasteiger partial charge < -0.3 is 4.74 Å². The molecule has 0 spiro atoms. The van der Waals surface area contributed by atoms with Crippen LogP contribution in [-0.4, -0.2) is 16.8 Å². The Kier molecular flexibility index (Phi) is 3.82. The van der Waals surface area contributed by atoms with E-state index in [0.29, 0.717) is 16.1 Å². The molecule has 1 atom stereocenters. The van der Waals surface area contributed by atoms with Crippen LogP contribution < -0.4 is 0 Å². The van der Waals surface area contributed by atoms with Gasteiger partial charge in [0, 0.05) is 19.4 Å². The molecule has 1 amide bonds. The number of rotatable bonds is 2. The average Bonchev–Trinajstić information content (AvgIpc) is 2.87. The Morgan fingerprint density at radius 1 is 1.22 bits per heavy atom. The number of hydrogen-bond acceptors (Lipinski definition) is 3. The molecule has 1 aliphatic rings. The molecule has 2 aromatic carbocycles. The minimum absolute atomic E-state index is 0.248. The van der Waals surface area contributed by atoms with Crippen LogP contribution >= 0.6 is 11.6 Å². The van der Waals surface area contributed by atoms with Gasteiger partial charge in [-0.3, -0.25) is 4.79 Å². The molecule has 1 heterocycles. The van der Waals surface area contributed by atoms with E-state index in [-0.39, 0.29) is 17.6 Å². The van der Waals surface area contributed by atoms with Gasteiger partial charge in [0.25, 0.3) is 0 Å². The number of hydrogen-bond donors (Lipinski definition) is 0. The molecule has 6 heteroatoms. The predicted octanol–water partition coefficient (Wildman–Crippen LogP) is 3.89. The smallest absolute Gasteiger partial charge is 0.243 e. The maximum absolute atomic E-state index is 13.2. The molecule has 0 fully saturated rings. The van der Waals surface area contributed by atoms with Crippen molar-refractivity contribution >= 4 is 23.4 Å². The van der Waals surface area contributed by atoms with Crippen LogP contribution in [0.15, 0.2) is 53.6 Å². The van der Waals surface area contributed by atoms with E-state index in [4.69, 9.17) is 16.3 Å². The van der Waals surface area contributed by atoms with Gasteiger partial charge in [-0.1, -0.05) is 35.9 Å². The molecule has 0 saturated carbocycles. The number of benzene rings is 2. The van der Waals surface area contributed by atoms with Crippen LogP contribution in [0, 0.1) is 5.82 Å². The third kappa shape index (κ3) is 2.68. The first-order valence-corrected chi connectivity index (χ1v) is 7.39. The highest BCUT2D eigenvalue weighted by atomic mass is 35.5. The maximum atomic E-state index is 13.2. The summed E-state index contributed by atoms with van der Waals surface area (Å²) in [6, 6.07) is 12.8. The molecular weight excluding hydrogens is 319 g/mol. The molecule has 0 radical (unpaired) electrons. The highest BCUT2D eigenvalue weighted by molar-refractivity contribution is 6.33. The molecule has 0 aliphatic carbocycles. The monoisotopic (exact) mass is 332 g/mol. The van der Waals surface area contributed by atoms with Crippen molar-refractivity contribution in [2.24, 2.45) is 5.10 Å². The highest BCUT2D eigenvalue weighted by Gasteiger charge is 2.45. The van der Waals surface area contributed by atoms with E-state index in [1.807, 2.05) is 0 Å². The second-order valence-electron chi connectivity index (χ2n) is 5.31. The number of hydrazone groups is 1. The van der Waals surface area contributed by atoms with Crippen molar-refractivity contribution in [3.63, 3.8) is 0 Å². The van der Waals surface area contributed by atoms with Crippen LogP contribution in [0.5, 0.6) is 0 Å². The Balaban J connectivity index is 2.05. The van der Waals surface area contributed by atoms with Crippen LogP contribution in [0.4, 0.5) is 4.39 Å². The Bertz CT molecular complexity index is 791. The predicted molar refractivity (Wildman–Crippen MR) is 85.3 cm³/mol. The largest absolute Gasteiger partial charge is 0.443 e. The summed E-state index contributed by atoms with van der Waals surface area (Å²) in [7, 11) is 0. The van der Waals surface area contributed by atoms with Crippen LogP contribution in [-0.2, 0) is 15.3 Å². The van der Waals surface area contributed by atoms with Crippen molar-refractivity contribution in [2.45, 2.75) is 19.6 Å². The topological polar surface area (TPSA) is 41.9 Å². The average molecular weight is 333 g/mol. The van der Waals surface area contributed by atoms with Crippen molar-refractivity contribution in [3.05, 3.63) is 70.5 Å². The fraction of sp³-hybridized carbons (Fsp3) is 0.176. The van der Waals surface area contributed by atoms with E-state index in [2.05, 4.69) is 5.10 Å². The Morgan fingerprint density at radius 2 is 1.87 bits per heavy atom. The number of carbonyl (C=O) groups excluding carboxylic acids is 1. The summed E-state index contributed by atoms with van der Waals surface area (Å²) in [4.78, 5) is 12.0. The van der Waals surface area contributed by atoms with E-state index in [0.717, 1.165) is 0 Å². The van der Waals surface area contributed by atoms with Gasteiger partial charge in [0.2, 0.25) is 17.5 Å². The molecule has 0 bridgehead atoms. The first-order valence-electron chi connectivity index (χ1n) is 7.01. The maximum Gasteiger partial charge on any atom is 0.243 e. The summed E-state index contributed by atoms with van der Waals surface area (Å²) >= 11 is 6.18. The second kappa shape index (κ2) is 5.66. The number of amides is 1. The Labute approximate surface area is 138 Å². The lowest BCUT2D eigenvalue weighted by atomic mass is 10.0. The summed E-state index contributed by atoms with van der Waals surface area (Å²) in [5, 5.41) is 5.98. The van der Waals surface area contributed by atoms with Gasteiger partial charge in [-0.2, -0.15) is 5.01 Å². The van der Waals surface area contributed by atoms with E-state index in [9.17, 15) is 9.18 Å². The molecule has 1 aliphatic heterocycles. The van der Waals surface area contributed by atoms with Crippen LogP contribution in [0.3, 0.4) is 0 Å². The third-order valence-corrected chi connectivity index (χ3v) is 4.00. The minimum Gasteiger partial charge on any atom is -0.443 e. The molecule has 0 saturated heterocycles. The Hall–Kier alpha value is -2.40. The van der Waals surface area contributed by atoms with Crippen molar-refractivity contribution in [1.29, 1.82) is 0 Å². The highest BCUT2D eigenvalue weighted by Crippen LogP contribution is 2.37. The summed E-state index contributed by atoms with van der Waals surface area (Å²) in [5.41, 5.74) is 0.0415. The Morgan fingerprint density at radius 3 is 2.48 bits per heavy atom. The SMILES string of the molecule is CC(=O)N1N=C(c2ccccc2Cl)OC1(C)c1ccc(F)cc1. The van der Waals surface area contributed by atoms with Crippen LogP contribution in [0.2, 0.25) is 5.02 Å². The zero-order chi connectivity index (χ0) is 16.6. The van der Waals surface area contributed by atoms with E-state index < -0.39 is 5.72 Å². The minimum atomic E-state index is -1.16.